The summed E-state index contributed by atoms with van der Waals surface area (Å²) in [7, 11) is 0. The van der Waals surface area contributed by atoms with Crippen LogP contribution in [-0.2, 0) is 0 Å². The number of hydrogen-bond donors (Lipinski definition) is 2. The molecule has 1 fully saturated rings. The monoisotopic (exact) mass is 283 g/mol. The number of nitrogens with zero attached hydrogens (tertiary/aromatic N) is 2. The molecule has 2 heterocycles. The van der Waals surface area contributed by atoms with Gasteiger partial charge in [0.25, 0.3) is 5.91 Å². The minimum Gasteiger partial charge on any atom is -0.368 e. The number of anilines is 1. The minimum atomic E-state index is -0.498. The van der Waals surface area contributed by atoms with E-state index in [4.69, 9.17) is 5.73 Å². The van der Waals surface area contributed by atoms with E-state index in [1.54, 1.807) is 12.1 Å². The van der Waals surface area contributed by atoms with Crippen LogP contribution in [0, 0.1) is 6.07 Å². The maximum Gasteiger partial charge on any atom is 0.267 e. The number of pyridine rings is 1. The van der Waals surface area contributed by atoms with Crippen LogP contribution in [-0.4, -0.2) is 36.1 Å². The normalized spacial score (nSPS) is 22.5. The zero-order valence-electron chi connectivity index (χ0n) is 12.3. The van der Waals surface area contributed by atoms with Gasteiger partial charge >= 0.3 is 0 Å². The second-order valence-corrected chi connectivity index (χ2v) is 5.71. The van der Waals surface area contributed by atoms with E-state index in [1.807, 2.05) is 12.1 Å². The average Bonchev–Trinajstić information content (AvgIpc) is 2.45. The van der Waals surface area contributed by atoms with Crippen molar-refractivity contribution < 1.29 is 4.79 Å². The maximum absolute atomic E-state index is 11.5. The third-order valence-electron chi connectivity index (χ3n) is 3.78. The first-order chi connectivity index (χ1) is 10.0. The molecule has 1 aromatic heterocycles. The Morgan fingerprint density at radius 1 is 1.43 bits per heavy atom. The van der Waals surface area contributed by atoms with Crippen molar-refractivity contribution in [3.05, 3.63) is 36.0 Å². The zero-order valence-corrected chi connectivity index (χ0v) is 12.3. The molecular weight excluding hydrogens is 264 g/mol. The molecule has 0 spiro atoms. The molecule has 1 aliphatic heterocycles. The summed E-state index contributed by atoms with van der Waals surface area (Å²) in [6.07, 6.45) is 0. The van der Waals surface area contributed by atoms with Crippen LogP contribution in [0.15, 0.2) is 24.3 Å². The number of primary amides is 1. The van der Waals surface area contributed by atoms with Crippen LogP contribution in [0.5, 0.6) is 0 Å². The van der Waals surface area contributed by atoms with Gasteiger partial charge in [0, 0.05) is 36.2 Å². The molecule has 0 saturated carbocycles. The fourth-order valence-corrected chi connectivity index (χ4v) is 3.01. The summed E-state index contributed by atoms with van der Waals surface area (Å²) in [6, 6.07) is 11.2. The highest BCUT2D eigenvalue weighted by Gasteiger charge is 2.23. The molecule has 2 unspecified atom stereocenters. The van der Waals surface area contributed by atoms with Gasteiger partial charge in [0.2, 0.25) is 0 Å². The van der Waals surface area contributed by atoms with Gasteiger partial charge in [0.1, 0.15) is 5.69 Å². The first-order valence-electron chi connectivity index (χ1n) is 7.16. The molecule has 1 radical (unpaired) electrons. The molecule has 1 amide bonds. The smallest absolute Gasteiger partial charge is 0.267 e. The number of fused-ring (bicyclic) bond motifs is 1. The molecule has 0 bridgehead atoms. The molecule has 5 nitrogen and oxygen atoms in total. The number of aromatic nitrogens is 1. The van der Waals surface area contributed by atoms with E-state index in [2.05, 4.69) is 35.1 Å². The first-order valence-corrected chi connectivity index (χ1v) is 7.16. The van der Waals surface area contributed by atoms with Crippen molar-refractivity contribution >= 4 is 22.5 Å². The molecular formula is C16H19N4O. The van der Waals surface area contributed by atoms with E-state index in [1.165, 1.54) is 0 Å². The summed E-state index contributed by atoms with van der Waals surface area (Å²) < 4.78 is 0. The second kappa shape index (κ2) is 5.33. The highest BCUT2D eigenvalue weighted by atomic mass is 16.1. The molecule has 0 aliphatic carbocycles. The van der Waals surface area contributed by atoms with Crippen molar-refractivity contribution in [2.75, 3.05) is 18.0 Å². The Kier molecular flexibility index (Phi) is 3.51. The molecule has 21 heavy (non-hydrogen) atoms. The number of carbonyl (C=O) groups excluding carboxylic acids is 1. The quantitative estimate of drug-likeness (QED) is 0.872. The van der Waals surface area contributed by atoms with E-state index in [-0.39, 0.29) is 0 Å². The van der Waals surface area contributed by atoms with E-state index < -0.39 is 5.91 Å². The maximum atomic E-state index is 11.5. The minimum absolute atomic E-state index is 0.308. The van der Waals surface area contributed by atoms with Gasteiger partial charge in [-0.3, -0.25) is 4.79 Å². The summed E-state index contributed by atoms with van der Waals surface area (Å²) in [5.74, 6) is -0.498. The number of amides is 1. The molecule has 2 aromatic rings. The highest BCUT2D eigenvalue weighted by molar-refractivity contribution is 5.99. The van der Waals surface area contributed by atoms with Crippen molar-refractivity contribution in [3.63, 3.8) is 0 Å². The lowest BCUT2D eigenvalue weighted by molar-refractivity contribution is 0.0996. The lowest BCUT2D eigenvalue weighted by Gasteiger charge is -2.38. The van der Waals surface area contributed by atoms with Gasteiger partial charge in [-0.25, -0.2) is 4.98 Å². The van der Waals surface area contributed by atoms with Crippen molar-refractivity contribution in [3.8, 4) is 0 Å². The van der Waals surface area contributed by atoms with Gasteiger partial charge in [0.05, 0.1) is 5.52 Å². The lowest BCUT2D eigenvalue weighted by atomic mass is 10.1. The summed E-state index contributed by atoms with van der Waals surface area (Å²) >= 11 is 0. The summed E-state index contributed by atoms with van der Waals surface area (Å²) in [4.78, 5) is 18.1. The molecule has 5 heteroatoms. The van der Waals surface area contributed by atoms with Crippen LogP contribution in [0.1, 0.15) is 24.3 Å². The molecule has 1 aliphatic rings. The van der Waals surface area contributed by atoms with Gasteiger partial charge in [-0.1, -0.05) is 6.07 Å². The van der Waals surface area contributed by atoms with Gasteiger partial charge in [-0.2, -0.15) is 0 Å². The third kappa shape index (κ3) is 2.69. The molecule has 1 saturated heterocycles. The Morgan fingerprint density at radius 3 is 2.81 bits per heavy atom. The first kappa shape index (κ1) is 13.8. The van der Waals surface area contributed by atoms with Crippen molar-refractivity contribution in [1.29, 1.82) is 0 Å². The molecule has 109 valence electrons. The van der Waals surface area contributed by atoms with Crippen molar-refractivity contribution in [2.45, 2.75) is 25.9 Å². The van der Waals surface area contributed by atoms with Crippen molar-refractivity contribution in [2.24, 2.45) is 5.73 Å². The summed E-state index contributed by atoms with van der Waals surface area (Å²) in [5, 5.41) is 4.51. The zero-order chi connectivity index (χ0) is 15.0. The van der Waals surface area contributed by atoms with Crippen LogP contribution in [0.2, 0.25) is 0 Å². The Labute approximate surface area is 124 Å². The van der Waals surface area contributed by atoms with E-state index >= 15 is 0 Å². The lowest BCUT2D eigenvalue weighted by Crippen LogP contribution is -2.54. The second-order valence-electron chi connectivity index (χ2n) is 5.71. The van der Waals surface area contributed by atoms with Gasteiger partial charge in [0.15, 0.2) is 0 Å². The number of benzene rings is 1. The fraction of sp³-hybridized carbons (Fsp3) is 0.375. The van der Waals surface area contributed by atoms with Gasteiger partial charge < -0.3 is 16.0 Å². The van der Waals surface area contributed by atoms with E-state index in [9.17, 15) is 4.79 Å². The Bertz CT molecular complexity index is 675. The topological polar surface area (TPSA) is 71.2 Å². The fourth-order valence-electron chi connectivity index (χ4n) is 3.01. The van der Waals surface area contributed by atoms with Crippen molar-refractivity contribution in [1.82, 2.24) is 10.3 Å². The molecule has 3 rings (SSSR count). The Balaban J connectivity index is 2.13. The summed E-state index contributed by atoms with van der Waals surface area (Å²) in [5.41, 5.74) is 7.51. The number of rotatable bonds is 2. The molecule has 2 atom stereocenters. The number of nitrogens with two attached hydrogens (primary N) is 1. The largest absolute Gasteiger partial charge is 0.368 e. The van der Waals surface area contributed by atoms with Crippen LogP contribution in [0.25, 0.3) is 10.9 Å². The highest BCUT2D eigenvalue weighted by Crippen LogP contribution is 2.28. The van der Waals surface area contributed by atoms with Crippen LogP contribution in [0.3, 0.4) is 0 Å². The number of nitrogens with one attached hydrogen (secondary N) is 1. The number of hydrogen-bond acceptors (Lipinski definition) is 4. The number of piperazine rings is 1. The van der Waals surface area contributed by atoms with Crippen LogP contribution < -0.4 is 16.0 Å². The summed E-state index contributed by atoms with van der Waals surface area (Å²) in [6.45, 7) is 6.09. The van der Waals surface area contributed by atoms with Crippen LogP contribution >= 0.6 is 0 Å². The number of carbonyl (C=O) groups is 1. The Morgan fingerprint density at radius 2 is 2.14 bits per heavy atom. The molecule has 3 N–H and O–H groups in total. The predicted molar refractivity (Wildman–Crippen MR) is 83.4 cm³/mol. The average molecular weight is 283 g/mol. The Hall–Kier alpha value is -2.14. The van der Waals surface area contributed by atoms with Gasteiger partial charge in [-0.15, -0.1) is 0 Å². The third-order valence-corrected chi connectivity index (χ3v) is 3.78. The van der Waals surface area contributed by atoms with Gasteiger partial charge in [-0.05, 0) is 38.1 Å². The van der Waals surface area contributed by atoms with E-state index in [0.29, 0.717) is 17.8 Å². The SMILES string of the molecule is CC1CN(c2cc(C(N)=O)nc3cc[c]cc23)CC(C)N1. The predicted octanol–water partition coefficient (Wildman–Crippen LogP) is 1.32. The molecule has 1 aromatic carbocycles. The standard InChI is InChI=1S/C16H19N4O/c1-10-8-20(9-11(2)18-10)15-7-14(16(17)21)19-13-6-4-3-5-12(13)15/h4-7,10-11,18H,8-9H2,1-2H3,(H2,17,21). The van der Waals surface area contributed by atoms with Crippen LogP contribution in [0.4, 0.5) is 5.69 Å². The van der Waals surface area contributed by atoms with E-state index in [0.717, 1.165) is 29.7 Å².